The molecule has 1 unspecified atom stereocenters. The van der Waals surface area contributed by atoms with Crippen molar-refractivity contribution in [1.82, 2.24) is 0 Å². The molecule has 0 saturated carbocycles. The van der Waals surface area contributed by atoms with Gasteiger partial charge in [-0.05, 0) is 47.0 Å². The van der Waals surface area contributed by atoms with Crippen LogP contribution < -0.4 is 4.74 Å². The molecule has 18 heavy (non-hydrogen) atoms. The van der Waals surface area contributed by atoms with Gasteiger partial charge in [-0.2, -0.15) is 0 Å². The summed E-state index contributed by atoms with van der Waals surface area (Å²) in [6.07, 6.45) is 0.851. The van der Waals surface area contributed by atoms with Crippen molar-refractivity contribution in [1.29, 1.82) is 0 Å². The SMILES string of the molecule is C=Cc1ccc2cc(OC(O)C(=C)C)ccc2c1. The highest BCUT2D eigenvalue weighted by Gasteiger charge is 2.06. The van der Waals surface area contributed by atoms with Crippen molar-refractivity contribution in [2.24, 2.45) is 0 Å². The number of rotatable bonds is 4. The first-order valence-electron chi connectivity index (χ1n) is 5.76. The van der Waals surface area contributed by atoms with Gasteiger partial charge in [0.15, 0.2) is 0 Å². The van der Waals surface area contributed by atoms with Crippen molar-refractivity contribution in [2.45, 2.75) is 13.2 Å². The van der Waals surface area contributed by atoms with Crippen molar-refractivity contribution >= 4 is 16.8 Å². The molecule has 1 N–H and O–H groups in total. The minimum absolute atomic E-state index is 0.581. The predicted octanol–water partition coefficient (Wildman–Crippen LogP) is 3.76. The average molecular weight is 240 g/mol. The second-order valence-electron chi connectivity index (χ2n) is 4.29. The van der Waals surface area contributed by atoms with E-state index >= 15 is 0 Å². The van der Waals surface area contributed by atoms with Gasteiger partial charge in [0, 0.05) is 0 Å². The van der Waals surface area contributed by atoms with Gasteiger partial charge >= 0.3 is 0 Å². The number of hydrogen-bond acceptors (Lipinski definition) is 2. The summed E-state index contributed by atoms with van der Waals surface area (Å²) in [4.78, 5) is 0. The minimum Gasteiger partial charge on any atom is -0.461 e. The Hall–Kier alpha value is -2.06. The van der Waals surface area contributed by atoms with Crippen molar-refractivity contribution in [3.63, 3.8) is 0 Å². The molecule has 2 rings (SSSR count). The van der Waals surface area contributed by atoms with E-state index in [4.69, 9.17) is 4.74 Å². The van der Waals surface area contributed by atoms with E-state index in [9.17, 15) is 5.11 Å². The molecule has 0 aliphatic rings. The number of fused-ring (bicyclic) bond motifs is 1. The molecule has 1 atom stereocenters. The Morgan fingerprint density at radius 3 is 2.56 bits per heavy atom. The van der Waals surface area contributed by atoms with Gasteiger partial charge in [0.25, 0.3) is 0 Å². The molecule has 0 radical (unpaired) electrons. The molecule has 0 spiro atoms. The normalized spacial score (nSPS) is 12.1. The smallest absolute Gasteiger partial charge is 0.219 e. The van der Waals surface area contributed by atoms with E-state index in [0.717, 1.165) is 16.3 Å². The Morgan fingerprint density at radius 2 is 1.89 bits per heavy atom. The third kappa shape index (κ3) is 2.60. The fourth-order valence-electron chi connectivity index (χ4n) is 1.67. The van der Waals surface area contributed by atoms with E-state index in [1.165, 1.54) is 0 Å². The van der Waals surface area contributed by atoms with E-state index in [-0.39, 0.29) is 0 Å². The van der Waals surface area contributed by atoms with Crippen LogP contribution in [-0.2, 0) is 0 Å². The Labute approximate surface area is 107 Å². The summed E-state index contributed by atoms with van der Waals surface area (Å²) >= 11 is 0. The molecule has 2 heteroatoms. The molecule has 0 aliphatic carbocycles. The van der Waals surface area contributed by atoms with Crippen LogP contribution in [0.3, 0.4) is 0 Å². The van der Waals surface area contributed by atoms with Crippen molar-refractivity contribution in [3.8, 4) is 5.75 Å². The largest absolute Gasteiger partial charge is 0.461 e. The Balaban J connectivity index is 2.33. The van der Waals surface area contributed by atoms with Gasteiger partial charge in [0.1, 0.15) is 5.75 Å². The van der Waals surface area contributed by atoms with Crippen LogP contribution in [0.1, 0.15) is 12.5 Å². The van der Waals surface area contributed by atoms with Crippen LogP contribution in [0.5, 0.6) is 5.75 Å². The van der Waals surface area contributed by atoms with Crippen LogP contribution in [0.15, 0.2) is 55.1 Å². The molecule has 0 bridgehead atoms. The zero-order chi connectivity index (χ0) is 13.1. The highest BCUT2D eigenvalue weighted by atomic mass is 16.6. The van der Waals surface area contributed by atoms with Gasteiger partial charge in [0.05, 0.1) is 0 Å². The third-order valence-electron chi connectivity index (χ3n) is 2.74. The molecule has 92 valence electrons. The lowest BCUT2D eigenvalue weighted by Crippen LogP contribution is -2.15. The van der Waals surface area contributed by atoms with E-state index in [2.05, 4.69) is 19.2 Å². The van der Waals surface area contributed by atoms with Crippen LogP contribution in [0.25, 0.3) is 16.8 Å². The molecule has 0 heterocycles. The maximum Gasteiger partial charge on any atom is 0.219 e. The molecule has 0 aromatic heterocycles. The second-order valence-corrected chi connectivity index (χ2v) is 4.29. The number of benzene rings is 2. The molecule has 2 nitrogen and oxygen atoms in total. The summed E-state index contributed by atoms with van der Waals surface area (Å²) < 4.78 is 5.38. The average Bonchev–Trinajstić information content (AvgIpc) is 2.37. The fourth-order valence-corrected chi connectivity index (χ4v) is 1.67. The standard InChI is InChI=1S/C16H16O2/c1-4-12-5-6-14-10-15(8-7-13(14)9-12)18-16(17)11(2)3/h4-10,16-17H,1-2H2,3H3. The molecular weight excluding hydrogens is 224 g/mol. The fraction of sp³-hybridized carbons (Fsp3) is 0.125. The van der Waals surface area contributed by atoms with E-state index in [0.29, 0.717) is 11.3 Å². The Morgan fingerprint density at radius 1 is 1.22 bits per heavy atom. The van der Waals surface area contributed by atoms with Gasteiger partial charge in [0.2, 0.25) is 6.29 Å². The zero-order valence-corrected chi connectivity index (χ0v) is 10.4. The maximum atomic E-state index is 9.60. The molecule has 0 saturated heterocycles. The van der Waals surface area contributed by atoms with Gasteiger partial charge in [-0.3, -0.25) is 0 Å². The summed E-state index contributed by atoms with van der Waals surface area (Å²) in [7, 11) is 0. The van der Waals surface area contributed by atoms with Crippen molar-refractivity contribution < 1.29 is 9.84 Å². The number of aliphatic hydroxyl groups is 1. The van der Waals surface area contributed by atoms with Crippen LogP contribution in [0, 0.1) is 0 Å². The first-order chi connectivity index (χ1) is 8.60. The molecule has 0 aliphatic heterocycles. The van der Waals surface area contributed by atoms with E-state index in [1.807, 2.05) is 36.4 Å². The highest BCUT2D eigenvalue weighted by molar-refractivity contribution is 5.85. The molecular formula is C16H16O2. The number of hydrogen-bond donors (Lipinski definition) is 1. The lowest BCUT2D eigenvalue weighted by atomic mass is 10.1. The van der Waals surface area contributed by atoms with Gasteiger partial charge in [-0.1, -0.05) is 37.4 Å². The first-order valence-corrected chi connectivity index (χ1v) is 5.76. The number of aliphatic hydroxyl groups excluding tert-OH is 1. The van der Waals surface area contributed by atoms with E-state index in [1.54, 1.807) is 6.92 Å². The molecule has 2 aromatic carbocycles. The lowest BCUT2D eigenvalue weighted by Gasteiger charge is -2.13. The predicted molar refractivity (Wildman–Crippen MR) is 75.5 cm³/mol. The van der Waals surface area contributed by atoms with Crippen LogP contribution >= 0.6 is 0 Å². The zero-order valence-electron chi connectivity index (χ0n) is 10.4. The summed E-state index contributed by atoms with van der Waals surface area (Å²) in [5, 5.41) is 11.8. The topological polar surface area (TPSA) is 29.5 Å². The Bertz CT molecular complexity index is 599. The maximum absolute atomic E-state index is 9.60. The van der Waals surface area contributed by atoms with Crippen LogP contribution in [0.4, 0.5) is 0 Å². The quantitative estimate of drug-likeness (QED) is 0.651. The van der Waals surface area contributed by atoms with Crippen LogP contribution in [-0.4, -0.2) is 11.4 Å². The summed E-state index contributed by atoms with van der Waals surface area (Å²) in [5.41, 5.74) is 1.66. The highest BCUT2D eigenvalue weighted by Crippen LogP contribution is 2.23. The second kappa shape index (κ2) is 5.07. The monoisotopic (exact) mass is 240 g/mol. The van der Waals surface area contributed by atoms with Crippen molar-refractivity contribution in [3.05, 3.63) is 60.7 Å². The summed E-state index contributed by atoms with van der Waals surface area (Å²) in [5.74, 6) is 0.629. The lowest BCUT2D eigenvalue weighted by molar-refractivity contribution is 0.0152. The summed E-state index contributed by atoms with van der Waals surface area (Å²) in [6.45, 7) is 9.12. The van der Waals surface area contributed by atoms with Gasteiger partial charge in [-0.25, -0.2) is 0 Å². The van der Waals surface area contributed by atoms with Crippen molar-refractivity contribution in [2.75, 3.05) is 0 Å². The van der Waals surface area contributed by atoms with Crippen LogP contribution in [0.2, 0.25) is 0 Å². The third-order valence-corrected chi connectivity index (χ3v) is 2.74. The molecule has 0 amide bonds. The van der Waals surface area contributed by atoms with E-state index < -0.39 is 6.29 Å². The first kappa shape index (κ1) is 12.4. The Kier molecular flexibility index (Phi) is 3.49. The summed E-state index contributed by atoms with van der Waals surface area (Å²) in [6, 6.07) is 11.8. The number of ether oxygens (including phenoxy) is 1. The molecule has 0 fully saturated rings. The molecule has 2 aromatic rings. The minimum atomic E-state index is -0.963. The van der Waals surface area contributed by atoms with Gasteiger partial charge < -0.3 is 9.84 Å². The van der Waals surface area contributed by atoms with Gasteiger partial charge in [-0.15, -0.1) is 0 Å².